The van der Waals surface area contributed by atoms with Gasteiger partial charge >= 0.3 is 5.97 Å². The highest BCUT2D eigenvalue weighted by Crippen LogP contribution is 2.28. The van der Waals surface area contributed by atoms with Gasteiger partial charge in [-0.2, -0.15) is 0 Å². The lowest BCUT2D eigenvalue weighted by Gasteiger charge is -2.25. The van der Waals surface area contributed by atoms with Crippen molar-refractivity contribution in [2.75, 3.05) is 11.9 Å². The predicted octanol–water partition coefficient (Wildman–Crippen LogP) is 3.45. The number of carbonyl (C=O) groups is 1. The van der Waals surface area contributed by atoms with Crippen LogP contribution in [0.15, 0.2) is 29.1 Å². The zero-order chi connectivity index (χ0) is 16.2. The number of carbonyl (C=O) groups excluding carboxylic acids is 1. The summed E-state index contributed by atoms with van der Waals surface area (Å²) in [5.41, 5.74) is 1.01. The molecule has 0 amide bonds. The third kappa shape index (κ3) is 3.23. The number of esters is 1. The Hall–Kier alpha value is -2.30. The molecule has 1 aliphatic rings. The fourth-order valence-corrected chi connectivity index (χ4v) is 3.24. The summed E-state index contributed by atoms with van der Waals surface area (Å²) in [7, 11) is 0. The number of H-pyrrole nitrogens is 1. The van der Waals surface area contributed by atoms with Crippen molar-refractivity contribution in [1.29, 1.82) is 0 Å². The fraction of sp³-hybridized carbons (Fsp3) is 0.444. The Morgan fingerprint density at radius 2 is 2.00 bits per heavy atom. The van der Waals surface area contributed by atoms with Gasteiger partial charge in [-0.25, -0.2) is 4.79 Å². The van der Waals surface area contributed by atoms with Crippen molar-refractivity contribution in [3.8, 4) is 0 Å². The number of anilines is 1. The van der Waals surface area contributed by atoms with Crippen molar-refractivity contribution in [3.63, 3.8) is 0 Å². The maximum atomic E-state index is 12.4. The minimum atomic E-state index is -0.571. The molecule has 0 unspecified atom stereocenters. The first kappa shape index (κ1) is 15.6. The van der Waals surface area contributed by atoms with Gasteiger partial charge in [0.05, 0.1) is 17.8 Å². The molecule has 0 atom stereocenters. The van der Waals surface area contributed by atoms with Gasteiger partial charge in [-0.1, -0.05) is 37.5 Å². The predicted molar refractivity (Wildman–Crippen MR) is 91.0 cm³/mol. The van der Waals surface area contributed by atoms with Gasteiger partial charge in [0.25, 0.3) is 5.56 Å². The summed E-state index contributed by atoms with van der Waals surface area (Å²) in [5, 5.41) is 4.30. The second-order valence-electron chi connectivity index (χ2n) is 5.95. The van der Waals surface area contributed by atoms with Gasteiger partial charge in [-0.05, 0) is 25.8 Å². The molecule has 0 saturated heterocycles. The van der Waals surface area contributed by atoms with E-state index >= 15 is 0 Å². The number of nitrogens with one attached hydrogen (secondary N) is 2. The Kier molecular flexibility index (Phi) is 4.65. The van der Waals surface area contributed by atoms with Crippen LogP contribution in [0.25, 0.3) is 10.9 Å². The molecule has 2 aromatic rings. The quantitative estimate of drug-likeness (QED) is 0.848. The molecule has 1 aromatic carbocycles. The van der Waals surface area contributed by atoms with Crippen molar-refractivity contribution in [3.05, 3.63) is 40.2 Å². The third-order valence-corrected chi connectivity index (χ3v) is 4.35. The van der Waals surface area contributed by atoms with E-state index in [-0.39, 0.29) is 12.2 Å². The number of pyridine rings is 1. The summed E-state index contributed by atoms with van der Waals surface area (Å²) in [6.07, 6.45) is 5.72. The molecular formula is C18H22N2O3. The van der Waals surface area contributed by atoms with Crippen LogP contribution >= 0.6 is 0 Å². The van der Waals surface area contributed by atoms with Crippen LogP contribution in [0.2, 0.25) is 0 Å². The summed E-state index contributed by atoms with van der Waals surface area (Å²) in [5.74, 6) is -0.571. The maximum absolute atomic E-state index is 12.4. The van der Waals surface area contributed by atoms with Crippen LogP contribution in [0.1, 0.15) is 49.4 Å². The largest absolute Gasteiger partial charge is 0.462 e. The number of ether oxygens (including phenoxy) is 1. The number of fused-ring (bicyclic) bond motifs is 1. The average molecular weight is 314 g/mol. The molecule has 5 nitrogen and oxygen atoms in total. The number of rotatable bonds is 4. The van der Waals surface area contributed by atoms with Crippen molar-refractivity contribution in [2.24, 2.45) is 0 Å². The lowest BCUT2D eigenvalue weighted by Crippen LogP contribution is -2.28. The monoisotopic (exact) mass is 314 g/mol. The number of aromatic nitrogens is 1. The molecular weight excluding hydrogens is 292 g/mol. The van der Waals surface area contributed by atoms with E-state index in [1.165, 1.54) is 19.3 Å². The van der Waals surface area contributed by atoms with Gasteiger partial charge in [0.15, 0.2) is 0 Å². The van der Waals surface area contributed by atoms with E-state index in [9.17, 15) is 9.59 Å². The summed E-state index contributed by atoms with van der Waals surface area (Å²) in [4.78, 5) is 27.5. The summed E-state index contributed by atoms with van der Waals surface area (Å²) < 4.78 is 5.09. The highest BCUT2D eigenvalue weighted by Gasteiger charge is 2.23. The van der Waals surface area contributed by atoms with Gasteiger partial charge < -0.3 is 15.0 Å². The molecule has 0 bridgehead atoms. The Morgan fingerprint density at radius 1 is 1.26 bits per heavy atom. The molecule has 1 aliphatic carbocycles. The Balaban J connectivity index is 2.11. The fourth-order valence-electron chi connectivity index (χ4n) is 3.24. The van der Waals surface area contributed by atoms with Crippen LogP contribution in [0.3, 0.4) is 0 Å². The van der Waals surface area contributed by atoms with Gasteiger partial charge in [-0.3, -0.25) is 4.79 Å². The van der Waals surface area contributed by atoms with Gasteiger partial charge in [0, 0.05) is 11.4 Å². The van der Waals surface area contributed by atoms with E-state index in [0.29, 0.717) is 11.7 Å². The van der Waals surface area contributed by atoms with Crippen molar-refractivity contribution in [2.45, 2.75) is 45.1 Å². The first-order chi connectivity index (χ1) is 11.2. The maximum Gasteiger partial charge on any atom is 0.345 e. The van der Waals surface area contributed by atoms with Gasteiger partial charge in [0.1, 0.15) is 5.56 Å². The minimum absolute atomic E-state index is 0.0797. The first-order valence-electron chi connectivity index (χ1n) is 8.29. The number of hydrogen-bond acceptors (Lipinski definition) is 4. The summed E-state index contributed by atoms with van der Waals surface area (Å²) >= 11 is 0. The normalized spacial score (nSPS) is 15.5. The Labute approximate surface area is 135 Å². The van der Waals surface area contributed by atoms with E-state index in [2.05, 4.69) is 10.3 Å². The smallest absolute Gasteiger partial charge is 0.345 e. The van der Waals surface area contributed by atoms with Crippen LogP contribution < -0.4 is 10.9 Å². The second-order valence-corrected chi connectivity index (χ2v) is 5.95. The standard InChI is InChI=1S/C18H22N2O3/c1-2-23-18(22)15-16(19-12-8-4-3-5-9-12)13-10-6-7-11-14(13)20-17(15)21/h6-7,10-12H,2-5,8-9H2,1H3,(H2,19,20,21). The summed E-state index contributed by atoms with van der Waals surface area (Å²) in [6.45, 7) is 1.98. The SMILES string of the molecule is CCOC(=O)c1c(NC2CCCCC2)c2ccccc2[nH]c1=O. The number of para-hydroxylation sites is 1. The van der Waals surface area contributed by atoms with E-state index in [4.69, 9.17) is 4.74 Å². The van der Waals surface area contributed by atoms with E-state index < -0.39 is 11.5 Å². The Bertz CT molecular complexity index is 760. The average Bonchev–Trinajstić information content (AvgIpc) is 2.56. The molecule has 0 radical (unpaired) electrons. The van der Waals surface area contributed by atoms with Crippen molar-refractivity contribution in [1.82, 2.24) is 4.98 Å². The molecule has 5 heteroatoms. The molecule has 23 heavy (non-hydrogen) atoms. The van der Waals surface area contributed by atoms with Crippen molar-refractivity contribution >= 4 is 22.6 Å². The lowest BCUT2D eigenvalue weighted by atomic mass is 9.94. The van der Waals surface area contributed by atoms with Gasteiger partial charge in [0.2, 0.25) is 0 Å². The minimum Gasteiger partial charge on any atom is -0.462 e. The number of hydrogen-bond donors (Lipinski definition) is 2. The zero-order valence-electron chi connectivity index (χ0n) is 13.4. The molecule has 0 aliphatic heterocycles. The van der Waals surface area contributed by atoms with Crippen molar-refractivity contribution < 1.29 is 9.53 Å². The van der Waals surface area contributed by atoms with E-state index in [1.807, 2.05) is 24.3 Å². The van der Waals surface area contributed by atoms with E-state index in [1.54, 1.807) is 6.92 Å². The van der Waals surface area contributed by atoms with Crippen LogP contribution in [0.4, 0.5) is 5.69 Å². The number of aromatic amines is 1. The molecule has 3 rings (SSSR count). The third-order valence-electron chi connectivity index (χ3n) is 4.35. The van der Waals surface area contributed by atoms with Crippen LogP contribution in [0, 0.1) is 0 Å². The van der Waals surface area contributed by atoms with E-state index in [0.717, 1.165) is 23.7 Å². The lowest BCUT2D eigenvalue weighted by molar-refractivity contribution is 0.0525. The molecule has 1 aromatic heterocycles. The molecule has 1 saturated carbocycles. The highest BCUT2D eigenvalue weighted by molar-refractivity contribution is 6.04. The van der Waals surface area contributed by atoms with Gasteiger partial charge in [-0.15, -0.1) is 0 Å². The molecule has 122 valence electrons. The van der Waals surface area contributed by atoms with Crippen LogP contribution in [-0.4, -0.2) is 23.6 Å². The Morgan fingerprint density at radius 3 is 2.74 bits per heavy atom. The topological polar surface area (TPSA) is 71.2 Å². The second kappa shape index (κ2) is 6.86. The van der Waals surface area contributed by atoms with Crippen LogP contribution in [0.5, 0.6) is 0 Å². The molecule has 0 spiro atoms. The molecule has 1 fully saturated rings. The summed E-state index contributed by atoms with van der Waals surface area (Å²) in [6, 6.07) is 7.83. The van der Waals surface area contributed by atoms with Crippen LogP contribution in [-0.2, 0) is 4.74 Å². The molecule has 2 N–H and O–H groups in total. The zero-order valence-corrected chi connectivity index (χ0v) is 13.4. The molecule has 1 heterocycles. The highest BCUT2D eigenvalue weighted by atomic mass is 16.5. The first-order valence-corrected chi connectivity index (χ1v) is 8.29. The number of benzene rings is 1.